The van der Waals surface area contributed by atoms with Gasteiger partial charge in [-0.2, -0.15) is 0 Å². The number of esters is 1. The lowest BCUT2D eigenvalue weighted by Gasteiger charge is -2.33. The van der Waals surface area contributed by atoms with E-state index in [4.69, 9.17) is 4.74 Å². The van der Waals surface area contributed by atoms with E-state index in [1.807, 2.05) is 36.9 Å². The van der Waals surface area contributed by atoms with Crippen LogP contribution in [0.15, 0.2) is 30.5 Å². The lowest BCUT2D eigenvalue weighted by molar-refractivity contribution is -0.141. The number of amides is 2. The molecule has 1 aromatic heterocycles. The predicted molar refractivity (Wildman–Crippen MR) is 131 cm³/mol. The Morgan fingerprint density at radius 1 is 1.15 bits per heavy atom. The second-order valence-corrected chi connectivity index (χ2v) is 10.0. The van der Waals surface area contributed by atoms with E-state index in [1.54, 1.807) is 11.1 Å². The molecule has 0 spiro atoms. The molecule has 3 heterocycles. The van der Waals surface area contributed by atoms with E-state index in [9.17, 15) is 9.59 Å². The summed E-state index contributed by atoms with van der Waals surface area (Å²) in [5, 5.41) is 1.07. The molecule has 0 aliphatic carbocycles. The van der Waals surface area contributed by atoms with Crippen LogP contribution in [0, 0.1) is 0 Å². The third-order valence-electron chi connectivity index (χ3n) is 6.84. The van der Waals surface area contributed by atoms with Crippen LogP contribution >= 0.6 is 0 Å². The van der Waals surface area contributed by atoms with E-state index in [-0.39, 0.29) is 17.6 Å². The average Bonchev–Trinajstić information content (AvgIpc) is 2.97. The molecular formula is C26H36N4O3. The summed E-state index contributed by atoms with van der Waals surface area (Å²) in [7, 11) is 2.09. The summed E-state index contributed by atoms with van der Waals surface area (Å²) < 4.78 is 5.74. The number of ether oxygens (including phenoxy) is 1. The van der Waals surface area contributed by atoms with Gasteiger partial charge in [-0.3, -0.25) is 4.90 Å². The molecule has 4 rings (SSSR count). The number of H-pyrrole nitrogens is 1. The van der Waals surface area contributed by atoms with Crippen molar-refractivity contribution in [2.24, 2.45) is 0 Å². The fourth-order valence-electron chi connectivity index (χ4n) is 4.84. The van der Waals surface area contributed by atoms with E-state index in [0.29, 0.717) is 18.7 Å². The van der Waals surface area contributed by atoms with E-state index in [2.05, 4.69) is 36.8 Å². The monoisotopic (exact) mass is 452 g/mol. The molecule has 178 valence electrons. The molecule has 2 aliphatic rings. The number of carbonyl (C=O) groups is 2. The van der Waals surface area contributed by atoms with Crippen molar-refractivity contribution in [2.45, 2.75) is 52.1 Å². The maximum absolute atomic E-state index is 13.7. The van der Waals surface area contributed by atoms with Gasteiger partial charge < -0.3 is 19.5 Å². The van der Waals surface area contributed by atoms with Crippen molar-refractivity contribution in [1.29, 1.82) is 0 Å². The topological polar surface area (TPSA) is 68.9 Å². The average molecular weight is 453 g/mol. The molecule has 1 N–H and O–H groups in total. The van der Waals surface area contributed by atoms with Gasteiger partial charge in [-0.05, 0) is 45.0 Å². The highest BCUT2D eigenvalue weighted by Crippen LogP contribution is 2.40. The van der Waals surface area contributed by atoms with Crippen LogP contribution in [0.2, 0.25) is 0 Å². The van der Waals surface area contributed by atoms with Crippen LogP contribution in [0.5, 0.6) is 0 Å². The lowest BCUT2D eigenvalue weighted by atomic mass is 9.82. The molecule has 2 aliphatic heterocycles. The molecule has 0 bridgehead atoms. The number of benzene rings is 1. The van der Waals surface area contributed by atoms with Gasteiger partial charge in [0.2, 0.25) is 0 Å². The van der Waals surface area contributed by atoms with Crippen LogP contribution in [0.4, 0.5) is 4.79 Å². The van der Waals surface area contributed by atoms with Gasteiger partial charge in [-0.25, -0.2) is 9.59 Å². The first kappa shape index (κ1) is 23.4. The molecular weight excluding hydrogens is 416 g/mol. The van der Waals surface area contributed by atoms with Crippen LogP contribution < -0.4 is 0 Å². The van der Waals surface area contributed by atoms with E-state index < -0.39 is 5.97 Å². The van der Waals surface area contributed by atoms with Gasteiger partial charge in [0.25, 0.3) is 0 Å². The molecule has 1 saturated heterocycles. The Kier molecular flexibility index (Phi) is 6.52. The number of nitrogens with one attached hydrogen (secondary N) is 1. The van der Waals surface area contributed by atoms with Crippen LogP contribution in [-0.4, -0.2) is 77.6 Å². The van der Waals surface area contributed by atoms with Gasteiger partial charge in [0.1, 0.15) is 0 Å². The zero-order valence-corrected chi connectivity index (χ0v) is 20.5. The van der Waals surface area contributed by atoms with Crippen LogP contribution in [0.25, 0.3) is 16.5 Å². The van der Waals surface area contributed by atoms with E-state index >= 15 is 0 Å². The third-order valence-corrected chi connectivity index (χ3v) is 6.84. The SMILES string of the molecule is CCC(C)OC(=O)C1=CN(C(=O)N2CCCN(C)CC2)CC(C)(C)c2c1[nH]c1ccccc21. The summed E-state index contributed by atoms with van der Waals surface area (Å²) in [6.07, 6.45) is 3.18. The second kappa shape index (κ2) is 9.21. The number of rotatable bonds is 3. The molecule has 1 atom stereocenters. The maximum Gasteiger partial charge on any atom is 0.342 e. The standard InChI is InChI=1S/C26H36N4O3/c1-6-18(2)33-24(31)20-16-30(25(32)29-13-9-12-28(5)14-15-29)17-26(3,4)22-19-10-7-8-11-21(19)27-23(20)22/h7-8,10-11,16,18,27H,6,9,12-15,17H2,1-5H3. The third kappa shape index (κ3) is 4.64. The first-order valence-electron chi connectivity index (χ1n) is 12.0. The summed E-state index contributed by atoms with van der Waals surface area (Å²) in [5.74, 6) is -0.400. The molecule has 1 aromatic carbocycles. The maximum atomic E-state index is 13.7. The Balaban J connectivity index is 1.79. The van der Waals surface area contributed by atoms with Crippen molar-refractivity contribution in [3.05, 3.63) is 41.7 Å². The fourth-order valence-corrected chi connectivity index (χ4v) is 4.84. The number of carbonyl (C=O) groups excluding carboxylic acids is 2. The number of aromatic nitrogens is 1. The molecule has 33 heavy (non-hydrogen) atoms. The second-order valence-electron chi connectivity index (χ2n) is 10.0. The zero-order valence-electron chi connectivity index (χ0n) is 20.5. The van der Waals surface area contributed by atoms with Gasteiger partial charge in [0, 0.05) is 48.7 Å². The normalized spacial score (nSPS) is 20.0. The summed E-state index contributed by atoms with van der Waals surface area (Å²) in [6.45, 7) is 11.9. The number of likely N-dealkylation sites (N-methyl/N-ethyl adjacent to an activating group) is 1. The molecule has 0 radical (unpaired) electrons. The van der Waals surface area contributed by atoms with Gasteiger partial charge >= 0.3 is 12.0 Å². The molecule has 2 amide bonds. The van der Waals surface area contributed by atoms with Gasteiger partial charge in [0.15, 0.2) is 0 Å². The highest BCUT2D eigenvalue weighted by molar-refractivity contribution is 6.18. The molecule has 1 fully saturated rings. The largest absolute Gasteiger partial charge is 0.459 e. The predicted octanol–water partition coefficient (Wildman–Crippen LogP) is 4.20. The molecule has 2 aromatic rings. The van der Waals surface area contributed by atoms with Gasteiger partial charge in [0.05, 0.1) is 17.4 Å². The first-order valence-corrected chi connectivity index (χ1v) is 12.0. The molecule has 7 heteroatoms. The minimum atomic E-state index is -0.400. The van der Waals surface area contributed by atoms with Gasteiger partial charge in [-0.15, -0.1) is 0 Å². The number of para-hydroxylation sites is 1. The number of urea groups is 1. The summed E-state index contributed by atoms with van der Waals surface area (Å²) in [4.78, 5) is 36.4. The van der Waals surface area contributed by atoms with Crippen molar-refractivity contribution < 1.29 is 14.3 Å². The van der Waals surface area contributed by atoms with Gasteiger partial charge in [-0.1, -0.05) is 39.0 Å². The number of aromatic amines is 1. The van der Waals surface area contributed by atoms with Crippen molar-refractivity contribution in [3.63, 3.8) is 0 Å². The Labute approximate surface area is 196 Å². The number of nitrogens with zero attached hydrogens (tertiary/aromatic N) is 3. The van der Waals surface area contributed by atoms with Crippen LogP contribution in [0.1, 0.15) is 51.8 Å². The zero-order chi connectivity index (χ0) is 23.8. The first-order chi connectivity index (χ1) is 15.7. The molecule has 7 nitrogen and oxygen atoms in total. The Bertz CT molecular complexity index is 1070. The quantitative estimate of drug-likeness (QED) is 0.709. The summed E-state index contributed by atoms with van der Waals surface area (Å²) in [5.41, 5.74) is 2.82. The van der Waals surface area contributed by atoms with E-state index in [0.717, 1.165) is 54.6 Å². The number of hydrogen-bond acceptors (Lipinski definition) is 4. The van der Waals surface area contributed by atoms with E-state index in [1.165, 1.54) is 0 Å². The lowest BCUT2D eigenvalue weighted by Crippen LogP contribution is -2.46. The summed E-state index contributed by atoms with van der Waals surface area (Å²) in [6, 6.07) is 8.04. The van der Waals surface area contributed by atoms with Crippen LogP contribution in [0.3, 0.4) is 0 Å². The summed E-state index contributed by atoms with van der Waals surface area (Å²) >= 11 is 0. The highest BCUT2D eigenvalue weighted by atomic mass is 16.5. The number of hydrogen-bond donors (Lipinski definition) is 1. The number of fused-ring (bicyclic) bond motifs is 3. The highest BCUT2D eigenvalue weighted by Gasteiger charge is 2.38. The minimum Gasteiger partial charge on any atom is -0.459 e. The smallest absolute Gasteiger partial charge is 0.342 e. The van der Waals surface area contributed by atoms with Crippen LogP contribution in [-0.2, 0) is 14.9 Å². The van der Waals surface area contributed by atoms with Crippen molar-refractivity contribution in [2.75, 3.05) is 39.8 Å². The fraction of sp³-hybridized carbons (Fsp3) is 0.538. The Morgan fingerprint density at radius 3 is 2.67 bits per heavy atom. The van der Waals surface area contributed by atoms with Crippen molar-refractivity contribution in [1.82, 2.24) is 19.7 Å². The van der Waals surface area contributed by atoms with Crippen molar-refractivity contribution >= 4 is 28.5 Å². The molecule has 0 saturated carbocycles. The molecule has 1 unspecified atom stereocenters. The van der Waals surface area contributed by atoms with Crippen molar-refractivity contribution in [3.8, 4) is 0 Å². The minimum absolute atomic E-state index is 0.0540. The Hall–Kier alpha value is -2.80. The Morgan fingerprint density at radius 2 is 1.91 bits per heavy atom.